The summed E-state index contributed by atoms with van der Waals surface area (Å²) in [5.41, 5.74) is 15.9. The molecular weight excluding hydrogens is 478 g/mol. The van der Waals surface area contributed by atoms with Gasteiger partial charge in [-0.3, -0.25) is 0 Å². The van der Waals surface area contributed by atoms with Crippen molar-refractivity contribution in [3.63, 3.8) is 0 Å². The maximum atomic E-state index is 12.8. The first-order valence-corrected chi connectivity index (χ1v) is 12.9. The van der Waals surface area contributed by atoms with Gasteiger partial charge in [0.1, 0.15) is 0 Å². The van der Waals surface area contributed by atoms with Gasteiger partial charge in [0.15, 0.2) is 0 Å². The van der Waals surface area contributed by atoms with Crippen molar-refractivity contribution < 1.29 is 9.53 Å². The van der Waals surface area contributed by atoms with E-state index in [-0.39, 0.29) is 0 Å². The fraction of sp³-hybridized carbons (Fsp3) is 0.0278. The van der Waals surface area contributed by atoms with E-state index < -0.39 is 5.97 Å². The molecule has 0 saturated heterocycles. The summed E-state index contributed by atoms with van der Waals surface area (Å²) in [5, 5.41) is 1.91. The molecule has 2 N–H and O–H groups in total. The molecule has 0 fully saturated rings. The van der Waals surface area contributed by atoms with E-state index in [2.05, 4.69) is 84.9 Å². The molecule has 6 aromatic carbocycles. The lowest BCUT2D eigenvalue weighted by Gasteiger charge is -2.25. The van der Waals surface area contributed by atoms with Gasteiger partial charge in [-0.05, 0) is 67.4 Å². The predicted molar refractivity (Wildman–Crippen MR) is 161 cm³/mol. The van der Waals surface area contributed by atoms with E-state index >= 15 is 0 Å². The summed E-state index contributed by atoms with van der Waals surface area (Å²) in [4.78, 5) is 12.8. The van der Waals surface area contributed by atoms with Gasteiger partial charge >= 0.3 is 5.97 Å². The molecule has 0 aliphatic rings. The van der Waals surface area contributed by atoms with Gasteiger partial charge in [0.25, 0.3) is 0 Å². The molecule has 0 bridgehead atoms. The van der Waals surface area contributed by atoms with E-state index in [1.807, 2.05) is 48.5 Å². The van der Waals surface area contributed by atoms with Gasteiger partial charge in [0, 0.05) is 5.69 Å². The van der Waals surface area contributed by atoms with Crippen LogP contribution in [-0.2, 0) is 4.74 Å². The lowest BCUT2D eigenvalue weighted by molar-refractivity contribution is 0.0602. The Hall–Kier alpha value is -5.15. The number of ether oxygens (including phenoxy) is 1. The van der Waals surface area contributed by atoms with Crippen LogP contribution in [0.2, 0.25) is 0 Å². The van der Waals surface area contributed by atoms with Crippen LogP contribution >= 0.6 is 0 Å². The van der Waals surface area contributed by atoms with Crippen LogP contribution in [0.4, 0.5) is 5.69 Å². The van der Waals surface area contributed by atoms with Crippen molar-refractivity contribution in [2.24, 2.45) is 0 Å². The second-order valence-electron chi connectivity index (χ2n) is 9.44. The van der Waals surface area contributed by atoms with E-state index in [4.69, 9.17) is 10.5 Å². The van der Waals surface area contributed by atoms with Crippen LogP contribution in [0, 0.1) is 0 Å². The summed E-state index contributed by atoms with van der Waals surface area (Å²) in [6.45, 7) is 0. The number of methoxy groups -OCH3 is 1. The van der Waals surface area contributed by atoms with E-state index in [0.29, 0.717) is 11.3 Å². The lowest BCUT2D eigenvalue weighted by atomic mass is 9.78. The van der Waals surface area contributed by atoms with Crippen molar-refractivity contribution in [1.82, 2.24) is 0 Å². The molecule has 39 heavy (non-hydrogen) atoms. The monoisotopic (exact) mass is 505 g/mol. The third-order valence-corrected chi connectivity index (χ3v) is 7.13. The number of carbonyl (C=O) groups excluding carboxylic acids is 1. The van der Waals surface area contributed by atoms with Crippen molar-refractivity contribution in [2.75, 3.05) is 12.8 Å². The minimum Gasteiger partial charge on any atom is -0.465 e. The van der Waals surface area contributed by atoms with E-state index in [1.165, 1.54) is 7.11 Å². The smallest absolute Gasteiger partial charge is 0.339 e. The number of hydrogen-bond donors (Lipinski definition) is 1. The molecule has 0 saturated carbocycles. The molecule has 0 aliphatic heterocycles. The molecule has 0 aromatic heterocycles. The van der Waals surface area contributed by atoms with E-state index in [1.54, 1.807) is 0 Å². The molecule has 0 spiro atoms. The van der Waals surface area contributed by atoms with Crippen LogP contribution in [0.3, 0.4) is 0 Å². The van der Waals surface area contributed by atoms with Crippen molar-refractivity contribution in [2.45, 2.75) is 0 Å². The number of carbonyl (C=O) groups is 1. The number of benzene rings is 6. The average molecular weight is 506 g/mol. The van der Waals surface area contributed by atoms with Crippen LogP contribution < -0.4 is 5.73 Å². The van der Waals surface area contributed by atoms with E-state index in [9.17, 15) is 4.79 Å². The van der Waals surface area contributed by atoms with Gasteiger partial charge < -0.3 is 10.5 Å². The van der Waals surface area contributed by atoms with Crippen molar-refractivity contribution in [3.8, 4) is 44.5 Å². The molecule has 0 radical (unpaired) electrons. The zero-order valence-corrected chi connectivity index (χ0v) is 21.6. The highest BCUT2D eigenvalue weighted by molar-refractivity contribution is 6.20. The summed E-state index contributed by atoms with van der Waals surface area (Å²) in [5.74, 6) is -0.455. The van der Waals surface area contributed by atoms with Crippen LogP contribution in [0.15, 0.2) is 133 Å². The zero-order valence-electron chi connectivity index (χ0n) is 21.6. The quantitative estimate of drug-likeness (QED) is 0.188. The number of rotatable bonds is 5. The number of nitrogens with two attached hydrogens (primary N) is 1. The Morgan fingerprint density at radius 3 is 1.21 bits per heavy atom. The average Bonchev–Trinajstić information content (AvgIpc) is 3.01. The molecule has 6 aromatic rings. The Labute approximate surface area is 228 Å². The molecule has 0 heterocycles. The SMILES string of the molecule is COC(=O)c1cc2c(-c3ccccc3)c(-c3ccccc3)c(-c3ccccc3)c(-c3ccccc3)c2cc1N. The Morgan fingerprint density at radius 2 is 0.846 bits per heavy atom. The first kappa shape index (κ1) is 24.2. The largest absolute Gasteiger partial charge is 0.465 e. The zero-order chi connectivity index (χ0) is 26.8. The van der Waals surface area contributed by atoms with Gasteiger partial charge in [0.05, 0.1) is 12.7 Å². The molecule has 3 heteroatoms. The Bertz CT molecular complexity index is 1780. The Kier molecular flexibility index (Phi) is 6.40. The van der Waals surface area contributed by atoms with Crippen LogP contribution in [0.5, 0.6) is 0 Å². The summed E-state index contributed by atoms with van der Waals surface area (Å²) in [7, 11) is 1.38. The highest BCUT2D eigenvalue weighted by Crippen LogP contribution is 2.51. The number of fused-ring (bicyclic) bond motifs is 1. The number of esters is 1. The number of hydrogen-bond acceptors (Lipinski definition) is 3. The van der Waals surface area contributed by atoms with Crippen molar-refractivity contribution >= 4 is 22.4 Å². The van der Waals surface area contributed by atoms with Gasteiger partial charge in [0.2, 0.25) is 0 Å². The van der Waals surface area contributed by atoms with Crippen LogP contribution in [0.25, 0.3) is 55.3 Å². The second-order valence-corrected chi connectivity index (χ2v) is 9.44. The third kappa shape index (κ3) is 4.34. The molecule has 6 rings (SSSR count). The standard InChI is InChI=1S/C36H27NO2/c1-39-36(38)30-22-28-29(23-31(30)37)33(25-16-8-3-9-17-25)35(27-20-12-5-13-21-27)34(26-18-10-4-11-19-26)32(28)24-14-6-2-7-15-24/h2-23H,37H2,1H3. The van der Waals surface area contributed by atoms with Gasteiger partial charge in [-0.15, -0.1) is 0 Å². The first-order chi connectivity index (χ1) is 19.2. The maximum absolute atomic E-state index is 12.8. The summed E-state index contributed by atoms with van der Waals surface area (Å²) < 4.78 is 5.12. The van der Waals surface area contributed by atoms with Crippen LogP contribution in [0.1, 0.15) is 10.4 Å². The fourth-order valence-corrected chi connectivity index (χ4v) is 5.43. The number of anilines is 1. The molecule has 0 aliphatic carbocycles. The van der Waals surface area contributed by atoms with Crippen molar-refractivity contribution in [3.05, 3.63) is 139 Å². The van der Waals surface area contributed by atoms with Crippen LogP contribution in [-0.4, -0.2) is 13.1 Å². The summed E-state index contributed by atoms with van der Waals surface area (Å²) in [6.07, 6.45) is 0. The maximum Gasteiger partial charge on any atom is 0.339 e. The number of nitrogen functional groups attached to an aromatic ring is 1. The molecule has 3 nitrogen and oxygen atoms in total. The van der Waals surface area contributed by atoms with Gasteiger partial charge in [-0.1, -0.05) is 121 Å². The molecular formula is C36H27NO2. The molecule has 0 atom stereocenters. The van der Waals surface area contributed by atoms with E-state index in [0.717, 1.165) is 55.3 Å². The van der Waals surface area contributed by atoms with Crippen molar-refractivity contribution in [1.29, 1.82) is 0 Å². The predicted octanol–water partition coefficient (Wildman–Crippen LogP) is 8.88. The molecule has 188 valence electrons. The topological polar surface area (TPSA) is 52.3 Å². The normalized spacial score (nSPS) is 10.9. The minimum absolute atomic E-state index is 0.354. The molecule has 0 amide bonds. The van der Waals surface area contributed by atoms with Gasteiger partial charge in [-0.2, -0.15) is 0 Å². The minimum atomic E-state index is -0.455. The Balaban J connectivity index is 1.92. The fourth-order valence-electron chi connectivity index (χ4n) is 5.43. The highest BCUT2D eigenvalue weighted by atomic mass is 16.5. The molecule has 0 unspecified atom stereocenters. The first-order valence-electron chi connectivity index (χ1n) is 12.9. The summed E-state index contributed by atoms with van der Waals surface area (Å²) in [6, 6.07) is 45.5. The van der Waals surface area contributed by atoms with Gasteiger partial charge in [-0.25, -0.2) is 4.79 Å². The second kappa shape index (κ2) is 10.3. The lowest BCUT2D eigenvalue weighted by Crippen LogP contribution is -2.07. The third-order valence-electron chi connectivity index (χ3n) is 7.13. The Morgan fingerprint density at radius 1 is 0.513 bits per heavy atom. The summed E-state index contributed by atoms with van der Waals surface area (Å²) >= 11 is 0. The highest BCUT2D eigenvalue weighted by Gasteiger charge is 2.25.